The molecule has 0 bridgehead atoms. The van der Waals surface area contributed by atoms with E-state index in [1.54, 1.807) is 6.92 Å². The third-order valence-corrected chi connectivity index (χ3v) is 1.88. The number of nitrogens with two attached hydrogens (primary N) is 1. The lowest BCUT2D eigenvalue weighted by atomic mass is 10.1. The van der Waals surface area contributed by atoms with Crippen molar-refractivity contribution in [3.63, 3.8) is 0 Å². The van der Waals surface area contributed by atoms with E-state index in [1.807, 2.05) is 0 Å². The molecule has 14 heavy (non-hydrogen) atoms. The van der Waals surface area contributed by atoms with Crippen molar-refractivity contribution in [2.75, 3.05) is 5.73 Å². The number of halogens is 3. The van der Waals surface area contributed by atoms with E-state index in [-0.39, 0.29) is 17.0 Å². The van der Waals surface area contributed by atoms with Crippen LogP contribution in [0.5, 0.6) is 5.75 Å². The number of hydrogen-bond acceptors (Lipinski definition) is 2. The highest BCUT2D eigenvalue weighted by molar-refractivity contribution is 5.55. The van der Waals surface area contributed by atoms with Crippen LogP contribution in [0.3, 0.4) is 0 Å². The van der Waals surface area contributed by atoms with Crippen molar-refractivity contribution < 1.29 is 18.3 Å². The number of anilines is 1. The minimum Gasteiger partial charge on any atom is -0.508 e. The van der Waals surface area contributed by atoms with Crippen molar-refractivity contribution in [3.05, 3.63) is 23.3 Å². The number of phenols is 1. The van der Waals surface area contributed by atoms with Crippen LogP contribution >= 0.6 is 0 Å². The van der Waals surface area contributed by atoms with E-state index >= 15 is 0 Å². The Hall–Kier alpha value is -1.39. The molecule has 1 rings (SSSR count). The molecular formula is C9H10F3NO. The minimum atomic E-state index is -4.28. The third-order valence-electron chi connectivity index (χ3n) is 1.88. The van der Waals surface area contributed by atoms with Gasteiger partial charge in [-0.25, -0.2) is 0 Å². The van der Waals surface area contributed by atoms with Gasteiger partial charge in [-0.15, -0.1) is 0 Å². The summed E-state index contributed by atoms with van der Waals surface area (Å²) in [5, 5.41) is 9.23. The monoisotopic (exact) mass is 205 g/mol. The lowest BCUT2D eigenvalue weighted by Crippen LogP contribution is -2.11. The Bertz CT molecular complexity index is 323. The van der Waals surface area contributed by atoms with Gasteiger partial charge in [0.1, 0.15) is 5.75 Å². The fraction of sp³-hybridized carbons (Fsp3) is 0.333. The van der Waals surface area contributed by atoms with Crippen molar-refractivity contribution in [2.45, 2.75) is 19.5 Å². The second-order valence-corrected chi connectivity index (χ2v) is 3.12. The minimum absolute atomic E-state index is 0.0295. The molecule has 0 fully saturated rings. The van der Waals surface area contributed by atoms with Gasteiger partial charge in [-0.1, -0.05) is 0 Å². The van der Waals surface area contributed by atoms with Crippen molar-refractivity contribution >= 4 is 5.69 Å². The first kappa shape index (κ1) is 10.7. The molecule has 2 nitrogen and oxygen atoms in total. The van der Waals surface area contributed by atoms with Crippen LogP contribution in [0, 0.1) is 6.92 Å². The molecule has 0 aromatic heterocycles. The highest BCUT2D eigenvalue weighted by Crippen LogP contribution is 2.28. The van der Waals surface area contributed by atoms with Crippen LogP contribution in [-0.4, -0.2) is 11.3 Å². The maximum Gasteiger partial charge on any atom is 0.393 e. The number of benzene rings is 1. The Morgan fingerprint density at radius 3 is 2.36 bits per heavy atom. The van der Waals surface area contributed by atoms with E-state index < -0.39 is 12.6 Å². The maximum atomic E-state index is 12.0. The molecule has 5 heteroatoms. The first-order valence-electron chi connectivity index (χ1n) is 3.94. The molecule has 0 radical (unpaired) electrons. The smallest absolute Gasteiger partial charge is 0.393 e. The van der Waals surface area contributed by atoms with Crippen LogP contribution in [0.2, 0.25) is 0 Å². The molecule has 1 aromatic rings. The molecule has 0 aliphatic heterocycles. The van der Waals surface area contributed by atoms with E-state index in [4.69, 9.17) is 5.73 Å². The molecule has 0 saturated carbocycles. The van der Waals surface area contributed by atoms with Gasteiger partial charge in [0.05, 0.1) is 6.42 Å². The van der Waals surface area contributed by atoms with Gasteiger partial charge in [-0.05, 0) is 24.6 Å². The lowest BCUT2D eigenvalue weighted by Gasteiger charge is -2.09. The molecule has 0 amide bonds. The maximum absolute atomic E-state index is 12.0. The summed E-state index contributed by atoms with van der Waals surface area (Å²) in [6.45, 7) is 1.54. The molecule has 0 unspecified atom stereocenters. The van der Waals surface area contributed by atoms with Crippen molar-refractivity contribution in [2.24, 2.45) is 0 Å². The third kappa shape index (κ3) is 2.55. The second kappa shape index (κ2) is 3.40. The topological polar surface area (TPSA) is 46.2 Å². The summed E-state index contributed by atoms with van der Waals surface area (Å²) in [6, 6.07) is 2.31. The van der Waals surface area contributed by atoms with E-state index in [0.717, 1.165) is 6.07 Å². The fourth-order valence-electron chi connectivity index (χ4n) is 1.11. The normalized spacial score (nSPS) is 11.7. The Morgan fingerprint density at radius 1 is 1.36 bits per heavy atom. The molecule has 0 spiro atoms. The average molecular weight is 205 g/mol. The van der Waals surface area contributed by atoms with Crippen molar-refractivity contribution in [1.29, 1.82) is 0 Å². The number of rotatable bonds is 1. The largest absolute Gasteiger partial charge is 0.508 e. The Morgan fingerprint density at radius 2 is 1.93 bits per heavy atom. The first-order chi connectivity index (χ1) is 6.29. The number of alkyl halides is 3. The summed E-state index contributed by atoms with van der Waals surface area (Å²) in [4.78, 5) is 0. The van der Waals surface area contributed by atoms with Crippen LogP contribution in [-0.2, 0) is 6.42 Å². The Labute approximate surface area is 79.2 Å². The van der Waals surface area contributed by atoms with Gasteiger partial charge in [-0.3, -0.25) is 0 Å². The van der Waals surface area contributed by atoms with Crippen LogP contribution in [0.1, 0.15) is 11.1 Å². The summed E-state index contributed by atoms with van der Waals surface area (Å²) < 4.78 is 35.9. The molecule has 0 aliphatic rings. The predicted octanol–water partition coefficient (Wildman–Crippen LogP) is 2.39. The molecule has 3 N–H and O–H groups in total. The molecule has 0 saturated heterocycles. The number of phenolic OH excluding ortho intramolecular Hbond substituents is 1. The van der Waals surface area contributed by atoms with Gasteiger partial charge < -0.3 is 10.8 Å². The predicted molar refractivity (Wildman–Crippen MR) is 47.0 cm³/mol. The molecule has 1 aromatic carbocycles. The van der Waals surface area contributed by atoms with Gasteiger partial charge in [0.2, 0.25) is 0 Å². The lowest BCUT2D eigenvalue weighted by molar-refractivity contribution is -0.127. The average Bonchev–Trinajstić information content (AvgIpc) is 1.96. The van der Waals surface area contributed by atoms with E-state index in [9.17, 15) is 18.3 Å². The quantitative estimate of drug-likeness (QED) is 0.691. The second-order valence-electron chi connectivity index (χ2n) is 3.12. The van der Waals surface area contributed by atoms with Gasteiger partial charge in [0, 0.05) is 11.3 Å². The number of hydrogen-bond donors (Lipinski definition) is 2. The van der Waals surface area contributed by atoms with Crippen LogP contribution < -0.4 is 5.73 Å². The fourth-order valence-corrected chi connectivity index (χ4v) is 1.11. The van der Waals surface area contributed by atoms with Gasteiger partial charge in [0.15, 0.2) is 0 Å². The van der Waals surface area contributed by atoms with Crippen molar-refractivity contribution in [1.82, 2.24) is 0 Å². The standard InChI is InChI=1S/C9H10F3NO/c1-5-7(13)2-6(3-8(5)14)4-9(10,11)12/h2-3,14H,4,13H2,1H3. The van der Waals surface area contributed by atoms with Crippen molar-refractivity contribution in [3.8, 4) is 5.75 Å². The van der Waals surface area contributed by atoms with Gasteiger partial charge in [0.25, 0.3) is 0 Å². The molecule has 0 heterocycles. The summed E-state index contributed by atoms with van der Waals surface area (Å²) in [5.74, 6) is -0.204. The van der Waals surface area contributed by atoms with E-state index in [2.05, 4.69) is 0 Å². The van der Waals surface area contributed by atoms with Gasteiger partial charge >= 0.3 is 6.18 Å². The zero-order valence-electron chi connectivity index (χ0n) is 7.52. The zero-order chi connectivity index (χ0) is 10.9. The summed E-state index contributed by atoms with van der Waals surface area (Å²) in [5.41, 5.74) is 5.95. The van der Waals surface area contributed by atoms with Crippen LogP contribution in [0.25, 0.3) is 0 Å². The zero-order valence-corrected chi connectivity index (χ0v) is 7.52. The molecule has 0 atom stereocenters. The van der Waals surface area contributed by atoms with Crippen LogP contribution in [0.4, 0.5) is 18.9 Å². The van der Waals surface area contributed by atoms with E-state index in [1.165, 1.54) is 6.07 Å². The highest BCUT2D eigenvalue weighted by Gasteiger charge is 2.28. The Balaban J connectivity index is 3.02. The highest BCUT2D eigenvalue weighted by atomic mass is 19.4. The van der Waals surface area contributed by atoms with E-state index in [0.29, 0.717) is 5.56 Å². The first-order valence-corrected chi connectivity index (χ1v) is 3.94. The molecule has 0 aliphatic carbocycles. The van der Waals surface area contributed by atoms with Crippen LogP contribution in [0.15, 0.2) is 12.1 Å². The number of nitrogen functional groups attached to an aromatic ring is 1. The summed E-state index contributed by atoms with van der Waals surface area (Å²) in [6.07, 6.45) is -5.36. The summed E-state index contributed by atoms with van der Waals surface area (Å²) >= 11 is 0. The SMILES string of the molecule is Cc1c(N)cc(CC(F)(F)F)cc1O. The summed E-state index contributed by atoms with van der Waals surface area (Å²) in [7, 11) is 0. The number of aromatic hydroxyl groups is 1. The Kier molecular flexibility index (Phi) is 2.59. The molecule has 78 valence electrons. The van der Waals surface area contributed by atoms with Gasteiger partial charge in [-0.2, -0.15) is 13.2 Å². The molecular weight excluding hydrogens is 195 g/mol.